The van der Waals surface area contributed by atoms with Crippen LogP contribution in [0.15, 0.2) is 6.07 Å². The van der Waals surface area contributed by atoms with Gasteiger partial charge < -0.3 is 4.74 Å². The summed E-state index contributed by atoms with van der Waals surface area (Å²) in [5.41, 5.74) is -0.563. The van der Waals surface area contributed by atoms with Crippen LogP contribution in [0.5, 0.6) is 0 Å². The van der Waals surface area contributed by atoms with Crippen LogP contribution < -0.4 is 0 Å². The van der Waals surface area contributed by atoms with Crippen LogP contribution in [0, 0.1) is 0 Å². The molecule has 0 amide bonds. The van der Waals surface area contributed by atoms with Gasteiger partial charge in [0.2, 0.25) is 0 Å². The van der Waals surface area contributed by atoms with Crippen LogP contribution in [0.25, 0.3) is 0 Å². The molecule has 1 fully saturated rings. The van der Waals surface area contributed by atoms with Crippen molar-refractivity contribution in [1.29, 1.82) is 0 Å². The molecular weight excluding hydrogens is 257 g/mol. The van der Waals surface area contributed by atoms with Crippen molar-refractivity contribution in [3.05, 3.63) is 17.5 Å². The van der Waals surface area contributed by atoms with Gasteiger partial charge in [0.15, 0.2) is 0 Å². The van der Waals surface area contributed by atoms with Crippen LogP contribution in [-0.2, 0) is 16.3 Å². The minimum Gasteiger partial charge on any atom is -0.381 e. The maximum atomic E-state index is 13.1. The predicted molar refractivity (Wildman–Crippen MR) is 65.0 cm³/mol. The van der Waals surface area contributed by atoms with Crippen molar-refractivity contribution in [1.82, 2.24) is 9.78 Å². The molecule has 0 atom stereocenters. The number of ether oxygens (including phenoxy) is 1. The van der Waals surface area contributed by atoms with Crippen LogP contribution in [0.2, 0.25) is 0 Å². The third kappa shape index (κ3) is 3.11. The second-order valence-corrected chi connectivity index (χ2v) is 5.95. The second-order valence-electron chi connectivity index (χ2n) is 5.95. The number of aromatic nitrogens is 2. The number of rotatable bonds is 1. The van der Waals surface area contributed by atoms with E-state index in [4.69, 9.17) is 4.74 Å². The van der Waals surface area contributed by atoms with Crippen molar-refractivity contribution >= 4 is 0 Å². The molecule has 1 saturated heterocycles. The van der Waals surface area contributed by atoms with Gasteiger partial charge in [-0.05, 0) is 18.9 Å². The van der Waals surface area contributed by atoms with Gasteiger partial charge in [0.1, 0.15) is 5.69 Å². The van der Waals surface area contributed by atoms with Crippen molar-refractivity contribution < 1.29 is 17.9 Å². The molecule has 6 heteroatoms. The van der Waals surface area contributed by atoms with Crippen molar-refractivity contribution in [2.75, 3.05) is 13.2 Å². The standard InChI is InChI=1S/C13H19F3N2O/c1-12(2,3)10-8-11(13(14,15)16)18(17-10)9-4-6-19-7-5-9/h8-9H,4-7H2,1-3H3. The first-order valence-corrected chi connectivity index (χ1v) is 6.44. The lowest BCUT2D eigenvalue weighted by molar-refractivity contribution is -0.145. The highest BCUT2D eigenvalue weighted by molar-refractivity contribution is 5.20. The SMILES string of the molecule is CC(C)(C)c1cc(C(F)(F)F)n(C2CCOCC2)n1. The molecule has 2 rings (SSSR count). The quantitative estimate of drug-likeness (QED) is 0.784. The number of hydrogen-bond acceptors (Lipinski definition) is 2. The topological polar surface area (TPSA) is 27.1 Å². The summed E-state index contributed by atoms with van der Waals surface area (Å²) in [5, 5.41) is 4.21. The molecule has 108 valence electrons. The normalized spacial score (nSPS) is 18.8. The van der Waals surface area contributed by atoms with E-state index in [-0.39, 0.29) is 6.04 Å². The molecule has 0 N–H and O–H groups in total. The van der Waals surface area contributed by atoms with E-state index in [9.17, 15) is 13.2 Å². The average molecular weight is 276 g/mol. The lowest BCUT2D eigenvalue weighted by Crippen LogP contribution is -2.25. The zero-order valence-electron chi connectivity index (χ0n) is 11.4. The van der Waals surface area contributed by atoms with Gasteiger partial charge in [-0.25, -0.2) is 0 Å². The van der Waals surface area contributed by atoms with Gasteiger partial charge in [-0.2, -0.15) is 18.3 Å². The molecule has 0 saturated carbocycles. The van der Waals surface area contributed by atoms with Gasteiger partial charge in [0, 0.05) is 18.6 Å². The third-order valence-corrected chi connectivity index (χ3v) is 3.33. The molecule has 2 heterocycles. The Morgan fingerprint density at radius 3 is 2.26 bits per heavy atom. The van der Waals surface area contributed by atoms with Crippen molar-refractivity contribution in [2.45, 2.75) is 51.2 Å². The molecule has 3 nitrogen and oxygen atoms in total. The van der Waals surface area contributed by atoms with Crippen molar-refractivity contribution in [2.24, 2.45) is 0 Å². The first-order chi connectivity index (χ1) is 8.69. The summed E-state index contributed by atoms with van der Waals surface area (Å²) in [6.07, 6.45) is -3.21. The van der Waals surface area contributed by atoms with E-state index in [1.165, 1.54) is 6.07 Å². The maximum absolute atomic E-state index is 13.1. The van der Waals surface area contributed by atoms with E-state index in [0.29, 0.717) is 31.7 Å². The summed E-state index contributed by atoms with van der Waals surface area (Å²) >= 11 is 0. The van der Waals surface area contributed by atoms with Crippen LogP contribution >= 0.6 is 0 Å². The van der Waals surface area contributed by atoms with Gasteiger partial charge in [-0.15, -0.1) is 0 Å². The molecule has 0 aromatic carbocycles. The van der Waals surface area contributed by atoms with E-state index in [2.05, 4.69) is 5.10 Å². The van der Waals surface area contributed by atoms with Crippen LogP contribution in [0.3, 0.4) is 0 Å². The molecule has 1 aromatic rings. The molecule has 0 spiro atoms. The van der Waals surface area contributed by atoms with Crippen molar-refractivity contribution in [3.8, 4) is 0 Å². The lowest BCUT2D eigenvalue weighted by atomic mass is 9.92. The van der Waals surface area contributed by atoms with Crippen LogP contribution in [0.1, 0.15) is 51.0 Å². The fourth-order valence-corrected chi connectivity index (χ4v) is 2.18. The van der Waals surface area contributed by atoms with Gasteiger partial charge in [0.05, 0.1) is 11.7 Å². The van der Waals surface area contributed by atoms with Gasteiger partial charge in [-0.1, -0.05) is 20.8 Å². The fraction of sp³-hybridized carbons (Fsp3) is 0.769. The maximum Gasteiger partial charge on any atom is 0.433 e. The Kier molecular flexibility index (Phi) is 3.64. The molecule has 19 heavy (non-hydrogen) atoms. The smallest absolute Gasteiger partial charge is 0.381 e. The second kappa shape index (κ2) is 4.81. The highest BCUT2D eigenvalue weighted by atomic mass is 19.4. The Balaban J connectivity index is 2.42. The summed E-state index contributed by atoms with van der Waals surface area (Å²) in [5.74, 6) is 0. The monoisotopic (exact) mass is 276 g/mol. The average Bonchev–Trinajstić information content (AvgIpc) is 2.74. The largest absolute Gasteiger partial charge is 0.433 e. The molecule has 0 radical (unpaired) electrons. The van der Waals surface area contributed by atoms with Gasteiger partial charge in [-0.3, -0.25) is 4.68 Å². The summed E-state index contributed by atoms with van der Waals surface area (Å²) in [4.78, 5) is 0. The van der Waals surface area contributed by atoms with Gasteiger partial charge in [0.25, 0.3) is 0 Å². The molecule has 1 aliphatic heterocycles. The Bertz CT molecular complexity index is 440. The highest BCUT2D eigenvalue weighted by Gasteiger charge is 2.39. The van der Waals surface area contributed by atoms with Gasteiger partial charge >= 0.3 is 6.18 Å². The first-order valence-electron chi connectivity index (χ1n) is 6.44. The molecule has 1 aliphatic rings. The molecule has 0 bridgehead atoms. The lowest BCUT2D eigenvalue weighted by Gasteiger charge is -2.25. The Morgan fingerprint density at radius 2 is 1.79 bits per heavy atom. The van der Waals surface area contributed by atoms with Crippen molar-refractivity contribution in [3.63, 3.8) is 0 Å². The minimum atomic E-state index is -4.37. The van der Waals surface area contributed by atoms with E-state index in [0.717, 1.165) is 4.68 Å². The Labute approximate surface area is 110 Å². The summed E-state index contributed by atoms with van der Waals surface area (Å²) in [6.45, 7) is 6.58. The third-order valence-electron chi connectivity index (χ3n) is 3.33. The molecule has 1 aromatic heterocycles. The van der Waals surface area contributed by atoms with E-state index < -0.39 is 17.3 Å². The Hall–Kier alpha value is -1.04. The molecule has 0 unspecified atom stereocenters. The predicted octanol–water partition coefficient (Wildman–Crippen LogP) is 3.55. The fourth-order valence-electron chi connectivity index (χ4n) is 2.18. The minimum absolute atomic E-state index is 0.221. The van der Waals surface area contributed by atoms with E-state index in [1.54, 1.807) is 0 Å². The number of hydrogen-bond donors (Lipinski definition) is 0. The number of nitrogens with zero attached hydrogens (tertiary/aromatic N) is 2. The zero-order valence-corrected chi connectivity index (χ0v) is 11.4. The van der Waals surface area contributed by atoms with Crippen LogP contribution in [0.4, 0.5) is 13.2 Å². The summed E-state index contributed by atoms with van der Waals surface area (Å²) in [7, 11) is 0. The summed E-state index contributed by atoms with van der Waals surface area (Å²) in [6, 6.07) is 0.955. The zero-order chi connectivity index (χ0) is 14.3. The highest BCUT2D eigenvalue weighted by Crippen LogP contribution is 2.36. The van der Waals surface area contributed by atoms with E-state index >= 15 is 0 Å². The number of alkyl halides is 3. The molecule has 0 aliphatic carbocycles. The first kappa shape index (κ1) is 14.4. The van der Waals surface area contributed by atoms with E-state index in [1.807, 2.05) is 20.8 Å². The Morgan fingerprint density at radius 1 is 1.21 bits per heavy atom. The molecular formula is C13H19F3N2O. The van der Waals surface area contributed by atoms with Crippen LogP contribution in [-0.4, -0.2) is 23.0 Å². The number of halogens is 3. The summed E-state index contributed by atoms with van der Waals surface area (Å²) < 4.78 is 45.7.